The lowest BCUT2D eigenvalue weighted by Crippen LogP contribution is -2.26. The van der Waals surface area contributed by atoms with Crippen LogP contribution in [0.1, 0.15) is 55.4 Å². The van der Waals surface area contributed by atoms with Gasteiger partial charge in [0.1, 0.15) is 0 Å². The Kier molecular flexibility index (Phi) is 3.97. The van der Waals surface area contributed by atoms with E-state index in [-0.39, 0.29) is 5.41 Å². The van der Waals surface area contributed by atoms with Gasteiger partial charge in [-0.1, -0.05) is 33.3 Å². The summed E-state index contributed by atoms with van der Waals surface area (Å²) in [6.07, 6.45) is 0. The van der Waals surface area contributed by atoms with Gasteiger partial charge < -0.3 is 5.11 Å². The molecule has 1 heteroatoms. The second kappa shape index (κ2) is 4.06. The monoisotopic (exact) mass is 198 g/mol. The fraction of sp³-hybridized carbons (Fsp3) is 0.846. The molecule has 84 valence electrons. The fourth-order valence-corrected chi connectivity index (χ4v) is 1.46. The SMILES string of the molecule is CC(=C(C)C(C)(C)O)C(C)C(C)(C)C. The molecule has 0 aliphatic rings. The van der Waals surface area contributed by atoms with Crippen molar-refractivity contribution in [2.75, 3.05) is 0 Å². The van der Waals surface area contributed by atoms with Crippen molar-refractivity contribution >= 4 is 0 Å². The third kappa shape index (κ3) is 3.45. The molecule has 0 aliphatic carbocycles. The lowest BCUT2D eigenvalue weighted by Gasteiger charge is -2.32. The molecule has 0 heterocycles. The topological polar surface area (TPSA) is 20.2 Å². The molecular weight excluding hydrogens is 172 g/mol. The van der Waals surface area contributed by atoms with Gasteiger partial charge in [-0.3, -0.25) is 0 Å². The van der Waals surface area contributed by atoms with Crippen LogP contribution in [0.5, 0.6) is 0 Å². The first-order valence-corrected chi connectivity index (χ1v) is 5.38. The van der Waals surface area contributed by atoms with E-state index in [4.69, 9.17) is 0 Å². The van der Waals surface area contributed by atoms with Gasteiger partial charge in [-0.05, 0) is 44.6 Å². The van der Waals surface area contributed by atoms with Crippen LogP contribution in [-0.2, 0) is 0 Å². The summed E-state index contributed by atoms with van der Waals surface area (Å²) in [6, 6.07) is 0. The maximum atomic E-state index is 9.91. The van der Waals surface area contributed by atoms with Crippen LogP contribution >= 0.6 is 0 Å². The van der Waals surface area contributed by atoms with E-state index in [1.807, 2.05) is 20.8 Å². The van der Waals surface area contributed by atoms with E-state index in [0.29, 0.717) is 5.92 Å². The highest BCUT2D eigenvalue weighted by Crippen LogP contribution is 2.34. The fourth-order valence-electron chi connectivity index (χ4n) is 1.46. The van der Waals surface area contributed by atoms with Crippen LogP contribution in [0.25, 0.3) is 0 Å². The Balaban J connectivity index is 5.03. The van der Waals surface area contributed by atoms with Gasteiger partial charge in [0.2, 0.25) is 0 Å². The van der Waals surface area contributed by atoms with Crippen LogP contribution < -0.4 is 0 Å². The molecule has 0 saturated carbocycles. The highest BCUT2D eigenvalue weighted by Gasteiger charge is 2.26. The molecule has 0 aliphatic heterocycles. The summed E-state index contributed by atoms with van der Waals surface area (Å²) in [6.45, 7) is 16.8. The number of rotatable bonds is 2. The lowest BCUT2D eigenvalue weighted by atomic mass is 9.75. The zero-order valence-electron chi connectivity index (χ0n) is 11.0. The minimum atomic E-state index is -0.691. The molecule has 0 aromatic rings. The van der Waals surface area contributed by atoms with Gasteiger partial charge in [-0.25, -0.2) is 0 Å². The number of allylic oxidation sites excluding steroid dienone is 1. The lowest BCUT2D eigenvalue weighted by molar-refractivity contribution is 0.116. The maximum Gasteiger partial charge on any atom is 0.0800 e. The van der Waals surface area contributed by atoms with Crippen molar-refractivity contribution in [3.63, 3.8) is 0 Å². The molecule has 0 aromatic carbocycles. The predicted octanol–water partition coefficient (Wildman–Crippen LogP) is 3.78. The average molecular weight is 198 g/mol. The van der Waals surface area contributed by atoms with E-state index in [0.717, 1.165) is 5.57 Å². The van der Waals surface area contributed by atoms with Crippen molar-refractivity contribution in [1.82, 2.24) is 0 Å². The van der Waals surface area contributed by atoms with E-state index in [9.17, 15) is 5.11 Å². The van der Waals surface area contributed by atoms with Gasteiger partial charge >= 0.3 is 0 Å². The summed E-state index contributed by atoms with van der Waals surface area (Å²) >= 11 is 0. The standard InChI is InChI=1S/C13H26O/c1-9(10(2)12(4,5)6)11(3)13(7,8)14/h10,14H,1-8H3. The first-order chi connectivity index (χ1) is 5.98. The molecule has 1 atom stereocenters. The number of aliphatic hydroxyl groups is 1. The molecule has 0 spiro atoms. The molecule has 0 fully saturated rings. The minimum absolute atomic E-state index is 0.261. The second-order valence-electron chi connectivity index (χ2n) is 5.95. The molecule has 1 nitrogen and oxygen atoms in total. The van der Waals surface area contributed by atoms with Gasteiger partial charge in [0.25, 0.3) is 0 Å². The Morgan fingerprint density at radius 2 is 1.36 bits per heavy atom. The maximum absolute atomic E-state index is 9.91. The molecule has 0 saturated heterocycles. The molecule has 14 heavy (non-hydrogen) atoms. The van der Waals surface area contributed by atoms with Gasteiger partial charge in [0.15, 0.2) is 0 Å². The predicted molar refractivity (Wildman–Crippen MR) is 63.3 cm³/mol. The largest absolute Gasteiger partial charge is 0.386 e. The molecule has 0 amide bonds. The smallest absolute Gasteiger partial charge is 0.0800 e. The Morgan fingerprint density at radius 1 is 1.00 bits per heavy atom. The van der Waals surface area contributed by atoms with Crippen LogP contribution in [0.4, 0.5) is 0 Å². The Labute approximate surface area is 89.2 Å². The van der Waals surface area contributed by atoms with E-state index in [1.54, 1.807) is 0 Å². The van der Waals surface area contributed by atoms with Crippen molar-refractivity contribution in [2.45, 2.75) is 61.0 Å². The first kappa shape index (κ1) is 13.7. The van der Waals surface area contributed by atoms with E-state index in [2.05, 4.69) is 34.6 Å². The van der Waals surface area contributed by atoms with Crippen LogP contribution in [0.3, 0.4) is 0 Å². The summed E-state index contributed by atoms with van der Waals surface area (Å²) in [4.78, 5) is 0. The quantitative estimate of drug-likeness (QED) is 0.670. The molecule has 0 rings (SSSR count). The summed E-state index contributed by atoms with van der Waals surface area (Å²) in [5, 5.41) is 9.91. The molecule has 1 N–H and O–H groups in total. The molecule has 1 unspecified atom stereocenters. The van der Waals surface area contributed by atoms with E-state index in [1.165, 1.54) is 5.57 Å². The van der Waals surface area contributed by atoms with Crippen LogP contribution in [0, 0.1) is 11.3 Å². The highest BCUT2D eigenvalue weighted by molar-refractivity contribution is 5.21. The van der Waals surface area contributed by atoms with Crippen molar-refractivity contribution in [1.29, 1.82) is 0 Å². The van der Waals surface area contributed by atoms with Crippen molar-refractivity contribution in [2.24, 2.45) is 11.3 Å². The minimum Gasteiger partial charge on any atom is -0.386 e. The zero-order valence-corrected chi connectivity index (χ0v) is 11.0. The average Bonchev–Trinajstić information content (AvgIpc) is 1.97. The van der Waals surface area contributed by atoms with Gasteiger partial charge in [-0.15, -0.1) is 0 Å². The summed E-state index contributed by atoms with van der Waals surface area (Å²) < 4.78 is 0. The summed E-state index contributed by atoms with van der Waals surface area (Å²) in [5.74, 6) is 0.494. The van der Waals surface area contributed by atoms with Gasteiger partial charge in [0, 0.05) is 0 Å². The zero-order chi connectivity index (χ0) is 11.7. The van der Waals surface area contributed by atoms with E-state index >= 15 is 0 Å². The number of hydrogen-bond acceptors (Lipinski definition) is 1. The number of hydrogen-bond donors (Lipinski definition) is 1. The molecule has 0 radical (unpaired) electrons. The van der Waals surface area contributed by atoms with Gasteiger partial charge in [0.05, 0.1) is 5.60 Å². The van der Waals surface area contributed by atoms with Crippen LogP contribution in [0.15, 0.2) is 11.1 Å². The van der Waals surface area contributed by atoms with Crippen LogP contribution in [0.2, 0.25) is 0 Å². The second-order valence-corrected chi connectivity index (χ2v) is 5.95. The Morgan fingerprint density at radius 3 is 1.57 bits per heavy atom. The summed E-state index contributed by atoms with van der Waals surface area (Å²) in [5.41, 5.74) is 1.98. The first-order valence-electron chi connectivity index (χ1n) is 5.38. The Hall–Kier alpha value is -0.300. The van der Waals surface area contributed by atoms with E-state index < -0.39 is 5.60 Å². The molecular formula is C13H26O. The van der Waals surface area contributed by atoms with Crippen LogP contribution in [-0.4, -0.2) is 10.7 Å². The van der Waals surface area contributed by atoms with Crippen molar-refractivity contribution in [3.05, 3.63) is 11.1 Å². The Bertz CT molecular complexity index is 223. The summed E-state index contributed by atoms with van der Waals surface area (Å²) in [7, 11) is 0. The van der Waals surface area contributed by atoms with Crippen molar-refractivity contribution in [3.8, 4) is 0 Å². The normalized spacial score (nSPS) is 17.8. The third-order valence-corrected chi connectivity index (χ3v) is 3.46. The molecule has 0 aromatic heterocycles. The third-order valence-electron chi connectivity index (χ3n) is 3.46. The van der Waals surface area contributed by atoms with Crippen molar-refractivity contribution < 1.29 is 5.11 Å². The molecule has 0 bridgehead atoms. The van der Waals surface area contributed by atoms with Gasteiger partial charge in [-0.2, -0.15) is 0 Å². The highest BCUT2D eigenvalue weighted by atomic mass is 16.3.